The Balaban J connectivity index is 1.36. The van der Waals surface area contributed by atoms with Crippen molar-refractivity contribution in [2.24, 2.45) is 0 Å². The van der Waals surface area contributed by atoms with E-state index in [0.717, 1.165) is 4.57 Å². The van der Waals surface area contributed by atoms with Gasteiger partial charge in [-0.15, -0.1) is 0 Å². The van der Waals surface area contributed by atoms with E-state index in [0.29, 0.717) is 0 Å². The average molecular weight is 669 g/mol. The van der Waals surface area contributed by atoms with Crippen LogP contribution in [0.5, 0.6) is 0 Å². The van der Waals surface area contributed by atoms with Crippen molar-refractivity contribution in [3.05, 3.63) is 169 Å². The minimum absolute atomic E-state index is 0.519. The van der Waals surface area contributed by atoms with Gasteiger partial charge in [0, 0.05) is 43.9 Å². The molecule has 0 fully saturated rings. The Morgan fingerprint density at radius 1 is 0.380 bits per heavy atom. The van der Waals surface area contributed by atoms with Crippen molar-refractivity contribution in [3.8, 4) is 51.0 Å². The summed E-state index contributed by atoms with van der Waals surface area (Å²) in [5, 5.41) is -2.26. The molecule has 0 aliphatic rings. The van der Waals surface area contributed by atoms with Crippen molar-refractivity contribution in [2.75, 3.05) is 0 Å². The van der Waals surface area contributed by atoms with Gasteiger partial charge in [0.2, 0.25) is 0 Å². The van der Waals surface area contributed by atoms with Crippen LogP contribution in [0.1, 0.15) is 38.4 Å². The van der Waals surface area contributed by atoms with E-state index in [-0.39, 0.29) is 0 Å². The molecule has 5 heteroatoms. The third-order valence-corrected chi connectivity index (χ3v) is 7.43. The molecule has 3 aromatic heterocycles. The molecule has 0 spiro atoms. The molecule has 0 aliphatic heterocycles. The highest BCUT2D eigenvalue weighted by Crippen LogP contribution is 2.38. The van der Waals surface area contributed by atoms with Gasteiger partial charge in [-0.3, -0.25) is 0 Å². The minimum atomic E-state index is -1.03. The van der Waals surface area contributed by atoms with E-state index in [1.54, 1.807) is 0 Å². The van der Waals surface area contributed by atoms with Crippen LogP contribution in [0.15, 0.2) is 174 Å². The molecular formula is C45H28N4O. The summed E-state index contributed by atoms with van der Waals surface area (Å²) in [4.78, 5) is 12.8. The minimum Gasteiger partial charge on any atom is -0.456 e. The van der Waals surface area contributed by atoms with Crippen molar-refractivity contribution in [2.45, 2.75) is 0 Å². The summed E-state index contributed by atoms with van der Waals surface area (Å²) >= 11 is 0. The zero-order chi connectivity index (χ0) is 57.4. The van der Waals surface area contributed by atoms with E-state index < -0.39 is 264 Å². The second-order valence-corrected chi connectivity index (χ2v) is 10.3. The molecule has 7 aromatic carbocycles. The van der Waals surface area contributed by atoms with Crippen molar-refractivity contribution in [1.29, 1.82) is 0 Å². The monoisotopic (exact) mass is 668 g/mol. The lowest BCUT2D eigenvalue weighted by atomic mass is 10.0. The smallest absolute Gasteiger partial charge is 0.164 e. The van der Waals surface area contributed by atoms with E-state index in [1.807, 2.05) is 0 Å². The number of fused-ring (bicyclic) bond motifs is 6. The molecule has 0 amide bonds. The molecule has 10 rings (SSSR count). The maximum Gasteiger partial charge on any atom is 0.164 e. The quantitative estimate of drug-likeness (QED) is 0.183. The molecule has 5 nitrogen and oxygen atoms in total. The Labute approximate surface area is 327 Å². The normalized spacial score (nSPS) is 19.4. The van der Waals surface area contributed by atoms with Crippen LogP contribution in [-0.4, -0.2) is 19.5 Å². The fourth-order valence-corrected chi connectivity index (χ4v) is 5.28. The molecule has 0 N–H and O–H groups in total. The van der Waals surface area contributed by atoms with Crippen molar-refractivity contribution in [3.63, 3.8) is 0 Å². The maximum atomic E-state index is 9.81. The van der Waals surface area contributed by atoms with Gasteiger partial charge in [-0.2, -0.15) is 0 Å². The van der Waals surface area contributed by atoms with Gasteiger partial charge in [0.15, 0.2) is 17.5 Å². The van der Waals surface area contributed by atoms with Crippen LogP contribution < -0.4 is 0 Å². The molecule has 0 saturated carbocycles. The van der Waals surface area contributed by atoms with E-state index in [1.165, 1.54) is 0 Å². The first-order valence-corrected chi connectivity index (χ1v) is 14.4. The molecule has 0 atom stereocenters. The first-order valence-electron chi connectivity index (χ1n) is 28.4. The van der Waals surface area contributed by atoms with Gasteiger partial charge >= 0.3 is 0 Å². The van der Waals surface area contributed by atoms with Crippen molar-refractivity contribution in [1.82, 2.24) is 19.5 Å². The van der Waals surface area contributed by atoms with E-state index in [4.69, 9.17) is 30.5 Å². The standard InChI is InChI=1S/C45H28N4O/c1-4-12-29(13-5-1)32-20-23-36-38-28-34(22-25-41(38)50-42(36)27-32)49-39-19-11-10-18-35(39)37-26-33(21-24-40(37)49)45-47-43(30-14-6-2-7-15-30)46-44(48-45)31-16-8-3-9-17-31/h1-28H/i1D,2D,3D,4D,5D,6D,7D,8D,9D,10D,11D,12D,13D,14D,15D,16D,17D,18D,19D,20D,21D,22D,23D,24D,25D,26D,27D,28D. The zero-order valence-electron chi connectivity index (χ0n) is 52.7. The average Bonchev–Trinajstić information content (AvgIpc) is 3.99. The van der Waals surface area contributed by atoms with Gasteiger partial charge < -0.3 is 8.98 Å². The highest BCUT2D eigenvalue weighted by atomic mass is 16.3. The predicted molar refractivity (Wildman–Crippen MR) is 203 cm³/mol. The van der Waals surface area contributed by atoms with Crippen molar-refractivity contribution >= 4 is 43.7 Å². The Morgan fingerprint density at radius 3 is 1.66 bits per heavy atom. The topological polar surface area (TPSA) is 56.7 Å². The Hall–Kier alpha value is -6.85. The van der Waals surface area contributed by atoms with Crippen LogP contribution >= 0.6 is 0 Å². The SMILES string of the molecule is [2H]c1c([2H])c([2H])c(-c2nc(-c3c([2H])c([2H])c([2H])c([2H])c3[2H])nc(-c3c([2H])c([2H])c4c(c3[2H])c3c([2H])c([2H])c([2H])c([2H])c3n4-c3c([2H])c([2H])c4oc5c([2H])c(-c6c([2H])c([2H])c([2H])c([2H])c6[2H])c([2H])c([2H])c5c4c3[2H])n2)c([2H])c1[2H]. The van der Waals surface area contributed by atoms with Crippen LogP contribution in [0.25, 0.3) is 94.7 Å². The number of hydrogen-bond donors (Lipinski definition) is 0. The lowest BCUT2D eigenvalue weighted by Crippen LogP contribution is -2.00. The molecule has 3 heterocycles. The van der Waals surface area contributed by atoms with Crippen LogP contribution in [0.3, 0.4) is 0 Å². The van der Waals surface area contributed by atoms with Gasteiger partial charge in [-0.05, 0) is 65.5 Å². The Bertz CT molecular complexity index is 4320. The summed E-state index contributed by atoms with van der Waals surface area (Å²) in [5.41, 5.74) is -6.88. The molecular weight excluding hydrogens is 613 g/mol. The fourth-order valence-electron chi connectivity index (χ4n) is 5.28. The second kappa shape index (κ2) is 11.4. The van der Waals surface area contributed by atoms with Crippen LogP contribution in [0.2, 0.25) is 0 Å². The lowest BCUT2D eigenvalue weighted by Gasteiger charge is -2.10. The molecule has 0 aliphatic carbocycles. The molecule has 50 heavy (non-hydrogen) atoms. The number of nitrogens with zero attached hydrogens (tertiary/aromatic N) is 4. The van der Waals surface area contributed by atoms with E-state index in [9.17, 15) is 12.3 Å². The summed E-state index contributed by atoms with van der Waals surface area (Å²) in [5.74, 6) is -2.47. The van der Waals surface area contributed by atoms with E-state index in [2.05, 4.69) is 15.0 Å². The molecule has 0 unspecified atom stereocenters. The number of benzene rings is 7. The highest BCUT2D eigenvalue weighted by molar-refractivity contribution is 6.11. The van der Waals surface area contributed by atoms with Crippen LogP contribution in [0.4, 0.5) is 0 Å². The zero-order valence-corrected chi connectivity index (χ0v) is 24.7. The van der Waals surface area contributed by atoms with Gasteiger partial charge in [-0.1, -0.05) is 115 Å². The molecule has 10 aromatic rings. The van der Waals surface area contributed by atoms with Gasteiger partial charge in [0.05, 0.1) is 49.4 Å². The summed E-state index contributed by atoms with van der Waals surface area (Å²) < 4.78 is 253. The van der Waals surface area contributed by atoms with Crippen LogP contribution in [0, 0.1) is 0 Å². The number of hydrogen-bond acceptors (Lipinski definition) is 4. The van der Waals surface area contributed by atoms with E-state index >= 15 is 0 Å². The second-order valence-electron chi connectivity index (χ2n) is 10.3. The summed E-state index contributed by atoms with van der Waals surface area (Å²) in [6.07, 6.45) is 0. The maximum absolute atomic E-state index is 9.81. The number of rotatable bonds is 5. The predicted octanol–water partition coefficient (Wildman–Crippen LogP) is 11.5. The Kier molecular flexibility index (Phi) is 2.72. The summed E-state index contributed by atoms with van der Waals surface area (Å²) in [6, 6.07) is -24.7. The van der Waals surface area contributed by atoms with Gasteiger partial charge in [0.25, 0.3) is 0 Å². The Morgan fingerprint density at radius 2 is 0.960 bits per heavy atom. The third-order valence-electron chi connectivity index (χ3n) is 7.43. The van der Waals surface area contributed by atoms with Crippen LogP contribution in [-0.2, 0) is 0 Å². The number of aromatic nitrogens is 4. The largest absolute Gasteiger partial charge is 0.456 e. The first kappa shape index (κ1) is 11.9. The first-order chi connectivity index (χ1) is 36.4. The molecule has 0 bridgehead atoms. The molecule has 0 radical (unpaired) electrons. The third kappa shape index (κ3) is 4.67. The number of para-hydroxylation sites is 1. The summed E-state index contributed by atoms with van der Waals surface area (Å²) in [7, 11) is 0. The van der Waals surface area contributed by atoms with Crippen molar-refractivity contribution < 1.29 is 42.8 Å². The highest BCUT2D eigenvalue weighted by Gasteiger charge is 2.18. The molecule has 234 valence electrons. The van der Waals surface area contributed by atoms with Gasteiger partial charge in [0.1, 0.15) is 11.2 Å². The summed E-state index contributed by atoms with van der Waals surface area (Å²) in [6.45, 7) is 0. The van der Waals surface area contributed by atoms with Gasteiger partial charge in [-0.25, -0.2) is 15.0 Å². The molecule has 0 saturated heterocycles. The number of furan rings is 1. The lowest BCUT2D eigenvalue weighted by molar-refractivity contribution is 0.669. The fraction of sp³-hybridized carbons (Fsp3) is 0.